The molecular weight excluding hydrogens is 176 g/mol. The second kappa shape index (κ2) is 4.53. The van der Waals surface area contributed by atoms with Crippen LogP contribution in [0.15, 0.2) is 24.4 Å². The van der Waals surface area contributed by atoms with Gasteiger partial charge < -0.3 is 10.8 Å². The molecule has 0 aliphatic heterocycles. The van der Waals surface area contributed by atoms with Crippen LogP contribution in [0.2, 0.25) is 0 Å². The number of hydrogen-bond acceptors (Lipinski definition) is 3. The standard InChI is InChI=1S/C11H18N2O/c1-3-11(14,4-2)10(12)9-7-5-6-8-13-9/h5-8,10,14H,3-4,12H2,1-2H3. The highest BCUT2D eigenvalue weighted by atomic mass is 16.3. The Labute approximate surface area is 85.0 Å². The molecule has 0 amide bonds. The maximum Gasteiger partial charge on any atom is 0.0849 e. The summed E-state index contributed by atoms with van der Waals surface area (Å²) < 4.78 is 0. The molecule has 0 radical (unpaired) electrons. The first-order valence-corrected chi connectivity index (χ1v) is 5.03. The van der Waals surface area contributed by atoms with Crippen molar-refractivity contribution < 1.29 is 5.11 Å². The third-order valence-corrected chi connectivity index (χ3v) is 2.81. The van der Waals surface area contributed by atoms with Gasteiger partial charge in [0, 0.05) is 6.20 Å². The molecule has 0 spiro atoms. The van der Waals surface area contributed by atoms with Crippen LogP contribution in [0.25, 0.3) is 0 Å². The van der Waals surface area contributed by atoms with Gasteiger partial charge in [0.1, 0.15) is 0 Å². The quantitative estimate of drug-likeness (QED) is 0.766. The lowest BCUT2D eigenvalue weighted by atomic mass is 9.87. The van der Waals surface area contributed by atoms with E-state index < -0.39 is 11.6 Å². The molecule has 0 bridgehead atoms. The van der Waals surface area contributed by atoms with Crippen LogP contribution in [-0.2, 0) is 0 Å². The number of hydrogen-bond donors (Lipinski definition) is 2. The van der Waals surface area contributed by atoms with E-state index in [2.05, 4.69) is 4.98 Å². The van der Waals surface area contributed by atoms with E-state index in [1.165, 1.54) is 0 Å². The van der Waals surface area contributed by atoms with Gasteiger partial charge in [-0.25, -0.2) is 0 Å². The molecule has 3 N–H and O–H groups in total. The van der Waals surface area contributed by atoms with Crippen molar-refractivity contribution in [2.45, 2.75) is 38.3 Å². The van der Waals surface area contributed by atoms with Gasteiger partial charge in [0.15, 0.2) is 0 Å². The molecule has 1 rings (SSSR count). The van der Waals surface area contributed by atoms with Crippen LogP contribution in [0.3, 0.4) is 0 Å². The third-order valence-electron chi connectivity index (χ3n) is 2.81. The Morgan fingerprint density at radius 3 is 2.50 bits per heavy atom. The number of nitrogens with two attached hydrogens (primary N) is 1. The summed E-state index contributed by atoms with van der Waals surface area (Å²) in [5.41, 5.74) is 5.89. The van der Waals surface area contributed by atoms with E-state index in [4.69, 9.17) is 5.73 Å². The summed E-state index contributed by atoms with van der Waals surface area (Å²) in [4.78, 5) is 4.16. The van der Waals surface area contributed by atoms with E-state index in [0.29, 0.717) is 12.8 Å². The van der Waals surface area contributed by atoms with E-state index in [9.17, 15) is 5.11 Å². The van der Waals surface area contributed by atoms with Gasteiger partial charge in [0.25, 0.3) is 0 Å². The molecule has 0 aliphatic carbocycles. The van der Waals surface area contributed by atoms with Gasteiger partial charge in [0.05, 0.1) is 17.3 Å². The molecule has 0 aromatic carbocycles. The molecule has 0 fully saturated rings. The maximum absolute atomic E-state index is 10.2. The van der Waals surface area contributed by atoms with Gasteiger partial charge in [-0.05, 0) is 25.0 Å². The van der Waals surface area contributed by atoms with E-state index in [1.54, 1.807) is 6.20 Å². The third kappa shape index (κ3) is 2.11. The summed E-state index contributed by atoms with van der Waals surface area (Å²) in [7, 11) is 0. The second-order valence-electron chi connectivity index (χ2n) is 3.54. The van der Waals surface area contributed by atoms with Crippen molar-refractivity contribution in [3.8, 4) is 0 Å². The molecule has 3 heteroatoms. The molecule has 0 aliphatic rings. The Balaban J connectivity index is 2.89. The highest BCUT2D eigenvalue weighted by molar-refractivity contribution is 5.12. The SMILES string of the molecule is CCC(O)(CC)C(N)c1ccccn1. The molecule has 1 aromatic rings. The van der Waals surface area contributed by atoms with Crippen molar-refractivity contribution in [3.05, 3.63) is 30.1 Å². The summed E-state index contributed by atoms with van der Waals surface area (Å²) >= 11 is 0. The fourth-order valence-corrected chi connectivity index (χ4v) is 1.53. The largest absolute Gasteiger partial charge is 0.388 e. The monoisotopic (exact) mass is 194 g/mol. The van der Waals surface area contributed by atoms with Gasteiger partial charge in [0.2, 0.25) is 0 Å². The molecule has 0 saturated heterocycles. The van der Waals surface area contributed by atoms with Crippen LogP contribution >= 0.6 is 0 Å². The Morgan fingerprint density at radius 1 is 1.43 bits per heavy atom. The maximum atomic E-state index is 10.2. The van der Waals surface area contributed by atoms with Crippen molar-refractivity contribution >= 4 is 0 Å². The Hall–Kier alpha value is -0.930. The topological polar surface area (TPSA) is 59.1 Å². The highest BCUT2D eigenvalue weighted by Crippen LogP contribution is 2.28. The molecule has 1 aromatic heterocycles. The molecular formula is C11H18N2O. The first-order valence-electron chi connectivity index (χ1n) is 5.03. The van der Waals surface area contributed by atoms with Crippen LogP contribution in [-0.4, -0.2) is 15.7 Å². The predicted octanol–water partition coefficient (Wildman–Crippen LogP) is 1.63. The molecule has 0 saturated carbocycles. The highest BCUT2D eigenvalue weighted by Gasteiger charge is 2.32. The fraction of sp³-hybridized carbons (Fsp3) is 0.545. The second-order valence-corrected chi connectivity index (χ2v) is 3.54. The molecule has 1 atom stereocenters. The molecule has 14 heavy (non-hydrogen) atoms. The summed E-state index contributed by atoms with van der Waals surface area (Å²) in [5, 5.41) is 10.2. The van der Waals surface area contributed by atoms with Gasteiger partial charge in [-0.2, -0.15) is 0 Å². The smallest absolute Gasteiger partial charge is 0.0849 e. The zero-order chi connectivity index (χ0) is 10.6. The fourth-order valence-electron chi connectivity index (χ4n) is 1.53. The van der Waals surface area contributed by atoms with Crippen LogP contribution in [0.5, 0.6) is 0 Å². The van der Waals surface area contributed by atoms with Gasteiger partial charge in [-0.1, -0.05) is 19.9 Å². The van der Waals surface area contributed by atoms with Gasteiger partial charge >= 0.3 is 0 Å². The Morgan fingerprint density at radius 2 is 2.07 bits per heavy atom. The Bertz CT molecular complexity index is 270. The summed E-state index contributed by atoms with van der Waals surface area (Å²) in [6.07, 6.45) is 2.98. The lowest BCUT2D eigenvalue weighted by Crippen LogP contribution is -2.40. The van der Waals surface area contributed by atoms with Gasteiger partial charge in [-0.3, -0.25) is 4.98 Å². The lowest BCUT2D eigenvalue weighted by Gasteiger charge is -2.31. The van der Waals surface area contributed by atoms with E-state index >= 15 is 0 Å². The van der Waals surface area contributed by atoms with Crippen LogP contribution in [0.1, 0.15) is 38.4 Å². The minimum Gasteiger partial charge on any atom is -0.388 e. The Kier molecular flexibility index (Phi) is 3.61. The number of aromatic nitrogens is 1. The van der Waals surface area contributed by atoms with E-state index in [0.717, 1.165) is 5.69 Å². The molecule has 1 unspecified atom stereocenters. The van der Waals surface area contributed by atoms with Crippen LogP contribution < -0.4 is 5.73 Å². The van der Waals surface area contributed by atoms with Crippen molar-refractivity contribution in [3.63, 3.8) is 0 Å². The van der Waals surface area contributed by atoms with Crippen molar-refractivity contribution in [2.75, 3.05) is 0 Å². The summed E-state index contributed by atoms with van der Waals surface area (Å²) in [6, 6.07) is 5.17. The first-order chi connectivity index (χ1) is 6.64. The van der Waals surface area contributed by atoms with Crippen LogP contribution in [0.4, 0.5) is 0 Å². The van der Waals surface area contributed by atoms with Crippen molar-refractivity contribution in [1.29, 1.82) is 0 Å². The lowest BCUT2D eigenvalue weighted by molar-refractivity contribution is 0.00447. The van der Waals surface area contributed by atoms with Crippen molar-refractivity contribution in [1.82, 2.24) is 4.98 Å². The minimum atomic E-state index is -0.839. The first kappa shape index (κ1) is 11.1. The molecule has 78 valence electrons. The van der Waals surface area contributed by atoms with Gasteiger partial charge in [-0.15, -0.1) is 0 Å². The predicted molar refractivity (Wildman–Crippen MR) is 56.7 cm³/mol. The van der Waals surface area contributed by atoms with Crippen molar-refractivity contribution in [2.24, 2.45) is 5.73 Å². The number of rotatable bonds is 4. The number of pyridine rings is 1. The average molecular weight is 194 g/mol. The normalized spacial score (nSPS) is 14.0. The minimum absolute atomic E-state index is 0.404. The van der Waals surface area contributed by atoms with E-state index in [1.807, 2.05) is 32.0 Å². The molecule has 1 heterocycles. The summed E-state index contributed by atoms with van der Waals surface area (Å²) in [6.45, 7) is 3.87. The van der Waals surface area contributed by atoms with Crippen LogP contribution in [0, 0.1) is 0 Å². The van der Waals surface area contributed by atoms with E-state index in [-0.39, 0.29) is 0 Å². The number of nitrogens with zero attached hydrogens (tertiary/aromatic N) is 1. The zero-order valence-electron chi connectivity index (χ0n) is 8.77. The zero-order valence-corrected chi connectivity index (χ0v) is 8.77. The number of aliphatic hydroxyl groups is 1. The summed E-state index contributed by atoms with van der Waals surface area (Å²) in [5.74, 6) is 0. The average Bonchev–Trinajstić information content (AvgIpc) is 2.28. The molecule has 3 nitrogen and oxygen atoms in total.